The lowest BCUT2D eigenvalue weighted by Crippen LogP contribution is -2.44. The maximum absolute atomic E-state index is 11.5. The van der Waals surface area contributed by atoms with E-state index in [1.807, 2.05) is 0 Å². The van der Waals surface area contributed by atoms with Gasteiger partial charge in [0.2, 0.25) is 0 Å². The number of aromatic nitrogens is 1. The van der Waals surface area contributed by atoms with Crippen LogP contribution in [0.1, 0.15) is 40.2 Å². The third-order valence-corrected chi connectivity index (χ3v) is 5.86. The van der Waals surface area contributed by atoms with Crippen LogP contribution in [-0.2, 0) is 0 Å². The number of hydrogen-bond donors (Lipinski definition) is 3. The molecule has 4 rings (SSSR count). The second kappa shape index (κ2) is 7.66. The average molecular weight is 366 g/mol. The van der Waals surface area contributed by atoms with Gasteiger partial charge in [0.05, 0.1) is 0 Å². The fourth-order valence-electron chi connectivity index (χ4n) is 4.47. The zero-order chi connectivity index (χ0) is 18.8. The zero-order valence-corrected chi connectivity index (χ0v) is 15.6. The van der Waals surface area contributed by atoms with E-state index in [1.54, 1.807) is 18.3 Å². The van der Waals surface area contributed by atoms with Crippen LogP contribution in [0.3, 0.4) is 0 Å². The summed E-state index contributed by atoms with van der Waals surface area (Å²) in [4.78, 5) is 17.9. The maximum atomic E-state index is 11.5. The number of pyridine rings is 1. The number of hydrazine groups is 1. The Hall–Kier alpha value is -2.44. The van der Waals surface area contributed by atoms with Crippen molar-refractivity contribution in [3.63, 3.8) is 0 Å². The Balaban J connectivity index is 1.45. The van der Waals surface area contributed by atoms with Gasteiger partial charge in [-0.15, -0.1) is 0 Å². The molecule has 2 fully saturated rings. The largest absolute Gasteiger partial charge is 0.478 e. The third-order valence-electron chi connectivity index (χ3n) is 5.86. The van der Waals surface area contributed by atoms with Crippen LogP contribution in [0.15, 0.2) is 42.6 Å². The number of nitrogens with one attached hydrogen (secondary N) is 2. The van der Waals surface area contributed by atoms with Crippen molar-refractivity contribution in [2.45, 2.75) is 31.7 Å². The van der Waals surface area contributed by atoms with Crippen molar-refractivity contribution in [1.29, 1.82) is 0 Å². The first kappa shape index (κ1) is 17.9. The van der Waals surface area contributed by atoms with Gasteiger partial charge < -0.3 is 10.0 Å². The molecule has 6 nitrogen and oxygen atoms in total. The number of aryl methyl sites for hydroxylation is 1. The number of carbonyl (C=O) groups is 1. The van der Waals surface area contributed by atoms with Crippen molar-refractivity contribution in [2.75, 3.05) is 24.5 Å². The molecule has 0 bridgehead atoms. The molecule has 1 aromatic heterocycles. The molecule has 0 saturated carbocycles. The number of rotatable bonds is 4. The highest BCUT2D eigenvalue weighted by Gasteiger charge is 2.36. The van der Waals surface area contributed by atoms with Crippen molar-refractivity contribution in [1.82, 2.24) is 15.8 Å². The minimum atomic E-state index is -0.915. The highest BCUT2D eigenvalue weighted by atomic mass is 16.4. The normalized spacial score (nSPS) is 23.5. The molecule has 0 amide bonds. The minimum Gasteiger partial charge on any atom is -0.478 e. The van der Waals surface area contributed by atoms with Crippen LogP contribution < -0.4 is 15.8 Å². The lowest BCUT2D eigenvalue weighted by molar-refractivity contribution is 0.0697. The second-order valence-corrected chi connectivity index (χ2v) is 7.58. The van der Waals surface area contributed by atoms with Crippen LogP contribution >= 0.6 is 0 Å². The molecule has 2 aliphatic heterocycles. The summed E-state index contributed by atoms with van der Waals surface area (Å²) in [6.07, 6.45) is 3.72. The smallest absolute Gasteiger partial charge is 0.339 e. The third kappa shape index (κ3) is 3.68. The highest BCUT2D eigenvalue weighted by molar-refractivity contribution is 5.93. The van der Waals surface area contributed by atoms with E-state index < -0.39 is 5.97 Å². The molecule has 3 heterocycles. The lowest BCUT2D eigenvalue weighted by atomic mass is 9.80. The van der Waals surface area contributed by atoms with Gasteiger partial charge >= 0.3 is 5.97 Å². The van der Waals surface area contributed by atoms with Crippen LogP contribution in [0.5, 0.6) is 0 Å². The predicted octanol–water partition coefficient (Wildman–Crippen LogP) is 2.56. The summed E-state index contributed by atoms with van der Waals surface area (Å²) >= 11 is 0. The number of nitrogens with zero attached hydrogens (tertiary/aromatic N) is 2. The van der Waals surface area contributed by atoms with E-state index in [1.165, 1.54) is 11.1 Å². The molecule has 2 atom stereocenters. The molecule has 2 aromatic rings. The first-order valence-electron chi connectivity index (χ1n) is 9.61. The monoisotopic (exact) mass is 366 g/mol. The van der Waals surface area contributed by atoms with E-state index in [4.69, 9.17) is 0 Å². The Morgan fingerprint density at radius 1 is 1.22 bits per heavy atom. The van der Waals surface area contributed by atoms with E-state index in [0.29, 0.717) is 23.7 Å². The molecule has 1 aromatic carbocycles. The van der Waals surface area contributed by atoms with Gasteiger partial charge in [-0.25, -0.2) is 9.78 Å². The van der Waals surface area contributed by atoms with E-state index >= 15 is 0 Å². The zero-order valence-electron chi connectivity index (χ0n) is 15.6. The van der Waals surface area contributed by atoms with E-state index in [-0.39, 0.29) is 5.56 Å². The molecule has 27 heavy (non-hydrogen) atoms. The Bertz CT molecular complexity index is 817. The second-order valence-electron chi connectivity index (χ2n) is 7.58. The topological polar surface area (TPSA) is 77.5 Å². The fourth-order valence-corrected chi connectivity index (χ4v) is 4.47. The van der Waals surface area contributed by atoms with Crippen LogP contribution in [0.25, 0.3) is 0 Å². The summed E-state index contributed by atoms with van der Waals surface area (Å²) in [5.74, 6) is 0.696. The van der Waals surface area contributed by atoms with E-state index in [9.17, 15) is 9.90 Å². The van der Waals surface area contributed by atoms with Crippen LogP contribution in [0, 0.1) is 12.8 Å². The maximum Gasteiger partial charge on any atom is 0.339 e. The summed E-state index contributed by atoms with van der Waals surface area (Å²) in [5.41, 5.74) is 9.82. The first-order chi connectivity index (χ1) is 13.1. The molecule has 3 N–H and O–H groups in total. The molecule has 142 valence electrons. The van der Waals surface area contributed by atoms with Gasteiger partial charge in [0.25, 0.3) is 0 Å². The van der Waals surface area contributed by atoms with Crippen molar-refractivity contribution in [3.8, 4) is 0 Å². The Morgan fingerprint density at radius 3 is 2.78 bits per heavy atom. The average Bonchev–Trinajstić information content (AvgIpc) is 3.18. The van der Waals surface area contributed by atoms with Gasteiger partial charge in [0, 0.05) is 37.8 Å². The molecule has 0 spiro atoms. The summed E-state index contributed by atoms with van der Waals surface area (Å²) < 4.78 is 0. The highest BCUT2D eigenvalue weighted by Crippen LogP contribution is 2.34. The van der Waals surface area contributed by atoms with E-state index in [2.05, 4.69) is 51.9 Å². The van der Waals surface area contributed by atoms with Crippen molar-refractivity contribution >= 4 is 11.8 Å². The van der Waals surface area contributed by atoms with Gasteiger partial charge in [0.1, 0.15) is 11.4 Å². The van der Waals surface area contributed by atoms with Crippen LogP contribution in [-0.4, -0.2) is 41.7 Å². The van der Waals surface area contributed by atoms with Crippen molar-refractivity contribution in [2.24, 2.45) is 5.92 Å². The fraction of sp³-hybridized carbons (Fsp3) is 0.429. The SMILES string of the molecule is Cc1cccc(C2CNNC2C2CCN(c3ncccc3C(=O)O)CC2)c1. The quantitative estimate of drug-likeness (QED) is 0.772. The Kier molecular flexibility index (Phi) is 5.09. The van der Waals surface area contributed by atoms with Crippen molar-refractivity contribution in [3.05, 3.63) is 59.3 Å². The summed E-state index contributed by atoms with van der Waals surface area (Å²) in [5, 5.41) is 9.42. The number of benzene rings is 1. The molecular weight excluding hydrogens is 340 g/mol. The molecule has 0 radical (unpaired) electrons. The predicted molar refractivity (Wildman–Crippen MR) is 105 cm³/mol. The minimum absolute atomic E-state index is 0.286. The number of carboxylic acid groups (broad SMARTS) is 1. The van der Waals surface area contributed by atoms with Gasteiger partial charge in [-0.1, -0.05) is 29.8 Å². The van der Waals surface area contributed by atoms with E-state index in [0.717, 1.165) is 32.5 Å². The molecule has 2 saturated heterocycles. The molecule has 6 heteroatoms. The summed E-state index contributed by atoms with van der Waals surface area (Å²) in [7, 11) is 0. The van der Waals surface area contributed by atoms with Crippen molar-refractivity contribution < 1.29 is 9.90 Å². The standard InChI is InChI=1S/C21H26N4O2/c1-14-4-2-5-16(12-14)18-13-23-24-19(18)15-7-10-25(11-8-15)20-17(21(26)27)6-3-9-22-20/h2-6,9,12,15,18-19,23-24H,7-8,10-11,13H2,1H3,(H,26,27). The Morgan fingerprint density at radius 2 is 2.04 bits per heavy atom. The molecular formula is C21H26N4O2. The number of carboxylic acids is 1. The number of hydrogen-bond acceptors (Lipinski definition) is 5. The summed E-state index contributed by atoms with van der Waals surface area (Å²) in [6.45, 7) is 4.75. The van der Waals surface area contributed by atoms with Gasteiger partial charge in [0.15, 0.2) is 0 Å². The number of anilines is 1. The Labute approximate surface area is 159 Å². The van der Waals surface area contributed by atoms with Gasteiger partial charge in [-0.05, 0) is 43.4 Å². The van der Waals surface area contributed by atoms with Gasteiger partial charge in [-0.2, -0.15) is 0 Å². The van der Waals surface area contributed by atoms with Gasteiger partial charge in [-0.3, -0.25) is 10.9 Å². The lowest BCUT2D eigenvalue weighted by Gasteiger charge is -2.37. The summed E-state index contributed by atoms with van der Waals surface area (Å²) in [6, 6.07) is 12.5. The first-order valence-corrected chi connectivity index (χ1v) is 9.61. The molecule has 0 aliphatic carbocycles. The molecule has 2 aliphatic rings. The number of aromatic carboxylic acids is 1. The van der Waals surface area contributed by atoms with Crippen LogP contribution in [0.2, 0.25) is 0 Å². The molecule has 2 unspecified atom stereocenters. The van der Waals surface area contributed by atoms with Crippen LogP contribution in [0.4, 0.5) is 5.82 Å². The number of piperidine rings is 1.